The molecule has 8 nitrogen and oxygen atoms in total. The van der Waals surface area contributed by atoms with Crippen LogP contribution in [0.15, 0.2) is 24.8 Å². The van der Waals surface area contributed by atoms with E-state index in [1.54, 1.807) is 15.3 Å². The Morgan fingerprint density at radius 2 is 1.86 bits per heavy atom. The zero-order chi connectivity index (χ0) is 19.5. The molecule has 3 aromatic heterocycles. The molecule has 0 N–H and O–H groups in total. The lowest BCUT2D eigenvalue weighted by Crippen LogP contribution is -2.39. The normalized spacial score (nSPS) is 19.5. The van der Waals surface area contributed by atoms with Gasteiger partial charge in [0.2, 0.25) is 10.0 Å². The lowest BCUT2D eigenvalue weighted by atomic mass is 9.93. The van der Waals surface area contributed by atoms with Crippen molar-refractivity contribution in [2.24, 2.45) is 14.1 Å². The molecule has 0 amide bonds. The quantitative estimate of drug-likeness (QED) is 0.669. The van der Waals surface area contributed by atoms with Crippen LogP contribution in [0.1, 0.15) is 37.3 Å². The molecule has 1 saturated heterocycles. The van der Waals surface area contributed by atoms with Gasteiger partial charge >= 0.3 is 0 Å². The summed E-state index contributed by atoms with van der Waals surface area (Å²) in [6.45, 7) is 1.16. The Morgan fingerprint density at radius 3 is 2.50 bits per heavy atom. The second-order valence-corrected chi connectivity index (χ2v) is 10.2. The highest BCUT2D eigenvalue weighted by molar-refractivity contribution is 7.90. The maximum atomic E-state index is 12.5. The Labute approximate surface area is 164 Å². The van der Waals surface area contributed by atoms with Crippen molar-refractivity contribution in [2.45, 2.75) is 36.9 Å². The fourth-order valence-corrected chi connectivity index (χ4v) is 5.96. The van der Waals surface area contributed by atoms with Crippen LogP contribution in [0.2, 0.25) is 0 Å². The number of rotatable bonds is 4. The maximum absolute atomic E-state index is 12.5. The fourth-order valence-electron chi connectivity index (χ4n) is 4.08. The van der Waals surface area contributed by atoms with E-state index in [9.17, 15) is 8.42 Å². The summed E-state index contributed by atoms with van der Waals surface area (Å²) in [5.41, 5.74) is 4.71. The molecule has 0 aromatic carbocycles. The lowest BCUT2D eigenvalue weighted by molar-refractivity contribution is 0.316. The number of nitrogens with zero attached hydrogens (tertiary/aromatic N) is 6. The molecule has 0 unspecified atom stereocenters. The molecular weight excluding hydrogens is 376 g/mol. The van der Waals surface area contributed by atoms with Crippen molar-refractivity contribution in [3.8, 4) is 11.3 Å². The van der Waals surface area contributed by atoms with E-state index in [0.29, 0.717) is 13.1 Å². The van der Waals surface area contributed by atoms with Crippen molar-refractivity contribution in [3.63, 3.8) is 0 Å². The van der Waals surface area contributed by atoms with Gasteiger partial charge < -0.3 is 4.57 Å². The Bertz CT molecular complexity index is 1140. The fraction of sp³-hybridized carbons (Fsp3) is 0.526. The van der Waals surface area contributed by atoms with E-state index in [-0.39, 0.29) is 11.2 Å². The van der Waals surface area contributed by atoms with Crippen LogP contribution < -0.4 is 0 Å². The van der Waals surface area contributed by atoms with E-state index < -0.39 is 10.0 Å². The number of imidazole rings is 1. The summed E-state index contributed by atoms with van der Waals surface area (Å²) in [4.78, 5) is 9.50. The van der Waals surface area contributed by atoms with Crippen molar-refractivity contribution in [3.05, 3.63) is 30.5 Å². The summed E-state index contributed by atoms with van der Waals surface area (Å²) in [6, 6.07) is 2.11. The van der Waals surface area contributed by atoms with Gasteiger partial charge in [-0.15, -0.1) is 0 Å². The van der Waals surface area contributed by atoms with Crippen molar-refractivity contribution in [1.82, 2.24) is 28.6 Å². The summed E-state index contributed by atoms with van der Waals surface area (Å²) in [5, 5.41) is 4.14. The van der Waals surface area contributed by atoms with Gasteiger partial charge in [-0.2, -0.15) is 5.10 Å². The van der Waals surface area contributed by atoms with E-state index >= 15 is 0 Å². The van der Waals surface area contributed by atoms with Gasteiger partial charge in [0.15, 0.2) is 0 Å². The molecule has 3 aromatic rings. The van der Waals surface area contributed by atoms with Gasteiger partial charge in [-0.25, -0.2) is 22.7 Å². The standard InChI is InChI=1S/C19H24N6O2S/c1-23-12-20-19-17(23)9-16(22-18(19)14-10-21-24(2)11-14)13-5-7-25(8-6-13)28(26,27)15-3-4-15/h9-13,15H,3-8H2,1-2H3. The number of sulfonamides is 1. The third-order valence-corrected chi connectivity index (χ3v) is 8.29. The number of aryl methyl sites for hydroxylation is 2. The zero-order valence-corrected chi connectivity index (χ0v) is 16.9. The molecule has 0 atom stereocenters. The second kappa shape index (κ2) is 6.38. The molecule has 0 bridgehead atoms. The van der Waals surface area contributed by atoms with E-state index in [4.69, 9.17) is 4.98 Å². The first kappa shape index (κ1) is 17.8. The number of piperidine rings is 1. The van der Waals surface area contributed by atoms with Crippen LogP contribution >= 0.6 is 0 Å². The predicted octanol–water partition coefficient (Wildman–Crippen LogP) is 2.04. The minimum atomic E-state index is -3.09. The number of pyridine rings is 1. The lowest BCUT2D eigenvalue weighted by Gasteiger charge is -2.31. The molecule has 1 aliphatic heterocycles. The second-order valence-electron chi connectivity index (χ2n) is 7.94. The van der Waals surface area contributed by atoms with Gasteiger partial charge in [-0.05, 0) is 31.7 Å². The van der Waals surface area contributed by atoms with Crippen molar-refractivity contribution < 1.29 is 8.42 Å². The van der Waals surface area contributed by atoms with Gasteiger partial charge in [0.25, 0.3) is 0 Å². The molecule has 4 heterocycles. The third-order valence-electron chi connectivity index (χ3n) is 5.89. The molecule has 28 heavy (non-hydrogen) atoms. The topological polar surface area (TPSA) is 85.9 Å². The van der Waals surface area contributed by atoms with Crippen molar-refractivity contribution in [2.75, 3.05) is 13.1 Å². The van der Waals surface area contributed by atoms with Crippen molar-refractivity contribution >= 4 is 21.1 Å². The summed E-state index contributed by atoms with van der Waals surface area (Å²) in [7, 11) is 0.783. The minimum Gasteiger partial charge on any atom is -0.334 e. The van der Waals surface area contributed by atoms with Gasteiger partial charge in [0.1, 0.15) is 11.2 Å². The third kappa shape index (κ3) is 2.93. The molecule has 5 rings (SSSR count). The summed E-state index contributed by atoms with van der Waals surface area (Å²) >= 11 is 0. The average molecular weight is 401 g/mol. The Kier molecular flexibility index (Phi) is 4.06. The highest BCUT2D eigenvalue weighted by Crippen LogP contribution is 2.36. The van der Waals surface area contributed by atoms with Crippen LogP contribution in [0.25, 0.3) is 22.3 Å². The van der Waals surface area contributed by atoms with E-state index in [0.717, 1.165) is 53.7 Å². The largest absolute Gasteiger partial charge is 0.334 e. The smallest absolute Gasteiger partial charge is 0.216 e. The maximum Gasteiger partial charge on any atom is 0.216 e. The van der Waals surface area contributed by atoms with Crippen LogP contribution in [0.4, 0.5) is 0 Å². The van der Waals surface area contributed by atoms with Gasteiger partial charge in [-0.3, -0.25) is 4.68 Å². The molecule has 148 valence electrons. The molecule has 9 heteroatoms. The number of aromatic nitrogens is 5. The van der Waals surface area contributed by atoms with Crippen LogP contribution in [-0.2, 0) is 24.1 Å². The number of hydrogen-bond donors (Lipinski definition) is 0. The van der Waals surface area contributed by atoms with Crippen LogP contribution in [-0.4, -0.2) is 55.4 Å². The molecule has 0 radical (unpaired) electrons. The monoisotopic (exact) mass is 400 g/mol. The predicted molar refractivity (Wildman–Crippen MR) is 106 cm³/mol. The summed E-state index contributed by atoms with van der Waals surface area (Å²) < 4.78 is 30.5. The van der Waals surface area contributed by atoms with E-state index in [1.165, 1.54) is 0 Å². The van der Waals surface area contributed by atoms with Crippen LogP contribution in [0, 0.1) is 0 Å². The Balaban J connectivity index is 1.47. The number of hydrogen-bond acceptors (Lipinski definition) is 5. The van der Waals surface area contributed by atoms with Crippen LogP contribution in [0.5, 0.6) is 0 Å². The Morgan fingerprint density at radius 1 is 1.11 bits per heavy atom. The first-order valence-corrected chi connectivity index (χ1v) is 11.2. The molecule has 1 saturated carbocycles. The molecule has 2 aliphatic rings. The van der Waals surface area contributed by atoms with Crippen LogP contribution in [0.3, 0.4) is 0 Å². The Hall–Kier alpha value is -2.26. The average Bonchev–Trinajstić information content (AvgIpc) is 3.38. The summed E-state index contributed by atoms with van der Waals surface area (Å²) in [6.07, 6.45) is 8.80. The summed E-state index contributed by atoms with van der Waals surface area (Å²) in [5.74, 6) is 0.250. The van der Waals surface area contributed by atoms with Crippen molar-refractivity contribution in [1.29, 1.82) is 0 Å². The molecular formula is C19H24N6O2S. The highest BCUT2D eigenvalue weighted by Gasteiger charge is 2.41. The van der Waals surface area contributed by atoms with Gasteiger partial charge in [0, 0.05) is 50.6 Å². The first-order chi connectivity index (χ1) is 13.4. The number of fused-ring (bicyclic) bond motifs is 1. The highest BCUT2D eigenvalue weighted by atomic mass is 32.2. The minimum absolute atomic E-state index is 0.134. The molecule has 1 aliphatic carbocycles. The molecule has 2 fully saturated rings. The molecule has 0 spiro atoms. The van der Waals surface area contributed by atoms with E-state index in [2.05, 4.69) is 16.1 Å². The van der Waals surface area contributed by atoms with E-state index in [1.807, 2.05) is 31.1 Å². The van der Waals surface area contributed by atoms with Gasteiger partial charge in [-0.1, -0.05) is 0 Å². The zero-order valence-electron chi connectivity index (χ0n) is 16.1. The SMILES string of the molecule is Cn1cc(-c2nc(C3CCN(S(=O)(=O)C4CC4)CC3)cc3c2ncn3C)cn1. The van der Waals surface area contributed by atoms with Gasteiger partial charge in [0.05, 0.1) is 23.3 Å². The first-order valence-electron chi connectivity index (χ1n) is 9.73.